The lowest BCUT2D eigenvalue weighted by atomic mass is 9.98. The number of carbonyl (C=O) groups is 2. The second-order valence-corrected chi connectivity index (χ2v) is 13.9. The van der Waals surface area contributed by atoms with E-state index >= 15 is 0 Å². The number of carbonyl (C=O) groups excluding carboxylic acids is 2. The minimum atomic E-state index is -4.85. The van der Waals surface area contributed by atoms with E-state index in [-0.39, 0.29) is 23.9 Å². The molecule has 0 bridgehead atoms. The highest BCUT2D eigenvalue weighted by atomic mass is 19.4. The van der Waals surface area contributed by atoms with Crippen LogP contribution < -0.4 is 0 Å². The molecule has 17 heteroatoms. The van der Waals surface area contributed by atoms with Crippen molar-refractivity contribution in [2.24, 2.45) is 17.3 Å². The number of alkyl halides is 3. The van der Waals surface area contributed by atoms with Gasteiger partial charge in [-0.1, -0.05) is 25.5 Å². The summed E-state index contributed by atoms with van der Waals surface area (Å²) in [5, 5.41) is 42.9. The van der Waals surface area contributed by atoms with Crippen LogP contribution in [-0.2, 0) is 47.5 Å². The van der Waals surface area contributed by atoms with Crippen molar-refractivity contribution in [2.75, 3.05) is 26.4 Å². The van der Waals surface area contributed by atoms with Crippen molar-refractivity contribution < 1.29 is 81.1 Å². The van der Waals surface area contributed by atoms with Gasteiger partial charge in [0.2, 0.25) is 0 Å². The Kier molecular flexibility index (Phi) is 14.4. The number of ether oxygens (including phenoxy) is 8. The molecule has 4 N–H and O–H groups in total. The fourth-order valence-electron chi connectivity index (χ4n) is 5.86. The number of aliphatic hydroxyl groups excluding tert-OH is 4. The van der Waals surface area contributed by atoms with Crippen LogP contribution in [0.4, 0.5) is 13.2 Å². The quantitative estimate of drug-likeness (QED) is 0.108. The van der Waals surface area contributed by atoms with Gasteiger partial charge < -0.3 is 58.3 Å². The molecule has 4 unspecified atom stereocenters. The number of halogens is 3. The molecule has 0 amide bonds. The second kappa shape index (κ2) is 17.1. The standard InChI is InChI=1S/C32H51F3O14/c1-14(2)11-17-18(31(17,7)8)12-44-27(40)26-24(46-15(3)4)20(37)21(38)29(48-26)43-10-9-42-23-19(36)22(39)30(47-16(5)6)49-25(23)28(41)45-13-32(33,34)35/h11,15-26,29-30,36-39H,9-10,12-13H2,1-8H3/t17?,18?,19-,20-,21+,22+,23+,24+,25?,26?,29-,30-/m1/s1. The molecule has 1 aliphatic carbocycles. The van der Waals surface area contributed by atoms with Crippen LogP contribution in [0.3, 0.4) is 0 Å². The lowest BCUT2D eigenvalue weighted by molar-refractivity contribution is -0.317. The molecule has 1 saturated carbocycles. The Morgan fingerprint density at radius 3 is 1.86 bits per heavy atom. The van der Waals surface area contributed by atoms with E-state index < -0.39 is 112 Å². The number of esters is 2. The smallest absolute Gasteiger partial charge is 0.422 e. The number of rotatable bonds is 15. The van der Waals surface area contributed by atoms with Crippen molar-refractivity contribution in [3.05, 3.63) is 11.6 Å². The molecule has 3 aliphatic rings. The summed E-state index contributed by atoms with van der Waals surface area (Å²) in [6.07, 6.45) is -20.4. The van der Waals surface area contributed by atoms with Crippen molar-refractivity contribution in [2.45, 2.75) is 135 Å². The fraction of sp³-hybridized carbons (Fsp3) is 0.875. The Balaban J connectivity index is 1.65. The molecular weight excluding hydrogens is 665 g/mol. The molecule has 0 spiro atoms. The summed E-state index contributed by atoms with van der Waals surface area (Å²) >= 11 is 0. The van der Waals surface area contributed by atoms with Crippen molar-refractivity contribution in [1.29, 1.82) is 0 Å². The molecule has 2 saturated heterocycles. The lowest BCUT2D eigenvalue weighted by Crippen LogP contribution is -2.62. The molecular formula is C32H51F3O14. The van der Waals surface area contributed by atoms with E-state index in [1.807, 2.05) is 13.8 Å². The van der Waals surface area contributed by atoms with Gasteiger partial charge in [-0.05, 0) is 52.9 Å². The lowest BCUT2D eigenvalue weighted by Gasteiger charge is -2.42. The second-order valence-electron chi connectivity index (χ2n) is 13.9. The number of allylic oxidation sites excluding steroid dienone is 2. The van der Waals surface area contributed by atoms with Crippen LogP contribution in [0.5, 0.6) is 0 Å². The average molecular weight is 717 g/mol. The summed E-state index contributed by atoms with van der Waals surface area (Å²) in [5.41, 5.74) is 1.04. The van der Waals surface area contributed by atoms with Gasteiger partial charge in [-0.2, -0.15) is 13.2 Å². The van der Waals surface area contributed by atoms with Gasteiger partial charge in [0.25, 0.3) is 0 Å². The fourth-order valence-corrected chi connectivity index (χ4v) is 5.86. The third-order valence-electron chi connectivity index (χ3n) is 8.50. The van der Waals surface area contributed by atoms with Crippen molar-refractivity contribution in [3.63, 3.8) is 0 Å². The Labute approximate surface area is 283 Å². The molecule has 14 nitrogen and oxygen atoms in total. The van der Waals surface area contributed by atoms with E-state index in [0.29, 0.717) is 0 Å². The van der Waals surface area contributed by atoms with Gasteiger partial charge in [-0.3, -0.25) is 0 Å². The van der Waals surface area contributed by atoms with Gasteiger partial charge in [0, 0.05) is 5.92 Å². The Hall–Kier alpha value is -1.93. The molecule has 12 atom stereocenters. The zero-order valence-electron chi connectivity index (χ0n) is 29.0. The van der Waals surface area contributed by atoms with Crippen molar-refractivity contribution >= 4 is 11.9 Å². The summed E-state index contributed by atoms with van der Waals surface area (Å²) in [7, 11) is 0. The maximum absolute atomic E-state index is 13.3. The summed E-state index contributed by atoms with van der Waals surface area (Å²) in [6.45, 7) is 11.8. The van der Waals surface area contributed by atoms with Crippen molar-refractivity contribution in [1.82, 2.24) is 0 Å². The largest absolute Gasteiger partial charge is 0.463 e. The minimum Gasteiger partial charge on any atom is -0.463 e. The van der Waals surface area contributed by atoms with Crippen LogP contribution in [-0.4, -0.2) is 139 Å². The first-order valence-electron chi connectivity index (χ1n) is 16.3. The van der Waals surface area contributed by atoms with Crippen molar-refractivity contribution in [3.8, 4) is 0 Å². The normalized spacial score (nSPS) is 36.0. The van der Waals surface area contributed by atoms with E-state index in [2.05, 4.69) is 24.7 Å². The first-order valence-corrected chi connectivity index (χ1v) is 16.3. The van der Waals surface area contributed by atoms with Gasteiger partial charge >= 0.3 is 18.1 Å². The highest BCUT2D eigenvalue weighted by Gasteiger charge is 2.57. The van der Waals surface area contributed by atoms with E-state index in [1.165, 1.54) is 0 Å². The molecule has 0 aromatic carbocycles. The summed E-state index contributed by atoms with van der Waals surface area (Å²) < 4.78 is 81.2. The molecule has 49 heavy (non-hydrogen) atoms. The van der Waals surface area contributed by atoms with Crippen LogP contribution in [0.15, 0.2) is 11.6 Å². The SMILES string of the molecule is CC(C)=CC1C(COC(=O)C2O[C@@H](OCCO[C@@H]3C(C(=O)OCC(F)(F)F)O[C@@H](OC(C)C)[C@@H](O)[C@H]3O)[C@@H](O)[C@@H](O)[C@@H]2OC(C)C)C1(C)C. The number of hydrogen-bond donors (Lipinski definition) is 4. The minimum absolute atomic E-state index is 0.0542. The summed E-state index contributed by atoms with van der Waals surface area (Å²) in [6, 6.07) is 0. The predicted octanol–water partition coefficient (Wildman–Crippen LogP) is 1.39. The highest BCUT2D eigenvalue weighted by molar-refractivity contribution is 5.76. The van der Waals surface area contributed by atoms with Crippen LogP contribution >= 0.6 is 0 Å². The van der Waals surface area contributed by atoms with Gasteiger partial charge in [-0.15, -0.1) is 0 Å². The summed E-state index contributed by atoms with van der Waals surface area (Å²) in [4.78, 5) is 25.8. The van der Waals surface area contributed by atoms with Crippen LogP contribution in [0.1, 0.15) is 55.4 Å². The third-order valence-corrected chi connectivity index (χ3v) is 8.50. The topological polar surface area (TPSA) is 189 Å². The monoisotopic (exact) mass is 716 g/mol. The molecule has 0 aromatic rings. The molecule has 2 heterocycles. The van der Waals surface area contributed by atoms with Crippen LogP contribution in [0, 0.1) is 17.3 Å². The maximum Gasteiger partial charge on any atom is 0.422 e. The van der Waals surface area contributed by atoms with E-state index in [9.17, 15) is 43.2 Å². The molecule has 284 valence electrons. The first kappa shape index (κ1) is 41.5. The highest BCUT2D eigenvalue weighted by Crippen LogP contribution is 2.59. The van der Waals surface area contributed by atoms with E-state index in [0.717, 1.165) is 5.57 Å². The van der Waals surface area contributed by atoms with Gasteiger partial charge in [-0.25, -0.2) is 9.59 Å². The third kappa shape index (κ3) is 11.0. The Bertz CT molecular complexity index is 1130. The van der Waals surface area contributed by atoms with Crippen LogP contribution in [0.25, 0.3) is 0 Å². The average Bonchev–Trinajstić information content (AvgIpc) is 3.50. The van der Waals surface area contributed by atoms with E-state index in [4.69, 9.17) is 33.2 Å². The molecule has 3 rings (SSSR count). The molecule has 3 fully saturated rings. The zero-order chi connectivity index (χ0) is 37.0. The van der Waals surface area contributed by atoms with Gasteiger partial charge in [0.15, 0.2) is 31.4 Å². The molecule has 0 aromatic heterocycles. The number of hydrogen-bond acceptors (Lipinski definition) is 14. The molecule has 0 radical (unpaired) electrons. The van der Waals surface area contributed by atoms with E-state index in [1.54, 1.807) is 27.7 Å². The summed E-state index contributed by atoms with van der Waals surface area (Å²) in [5.74, 6) is -2.11. The predicted molar refractivity (Wildman–Crippen MR) is 161 cm³/mol. The maximum atomic E-state index is 13.3. The van der Waals surface area contributed by atoms with Crippen LogP contribution in [0.2, 0.25) is 0 Å². The van der Waals surface area contributed by atoms with Gasteiger partial charge in [0.1, 0.15) is 36.6 Å². The zero-order valence-corrected chi connectivity index (χ0v) is 29.0. The number of aliphatic hydroxyl groups is 4. The van der Waals surface area contributed by atoms with Gasteiger partial charge in [0.05, 0.1) is 32.0 Å². The molecule has 2 aliphatic heterocycles. The Morgan fingerprint density at radius 2 is 1.29 bits per heavy atom. The first-order chi connectivity index (χ1) is 22.6. The Morgan fingerprint density at radius 1 is 0.776 bits per heavy atom.